The first kappa shape index (κ1) is 17.5. The number of aromatic nitrogens is 1. The van der Waals surface area contributed by atoms with E-state index in [0.29, 0.717) is 17.5 Å². The van der Waals surface area contributed by atoms with E-state index in [0.717, 1.165) is 16.8 Å². The van der Waals surface area contributed by atoms with Crippen LogP contribution in [0.1, 0.15) is 23.2 Å². The number of nitrogens with one attached hydrogen (secondary N) is 1. The third kappa shape index (κ3) is 3.23. The Morgan fingerprint density at radius 2 is 2.09 bits per heavy atom. The SMILES string of the molecule is Cl.Cl.O=C(N[C@H]1CN2CCC1CC2)c1cnc2sccc2c1. The lowest BCUT2D eigenvalue weighted by atomic mass is 9.84. The summed E-state index contributed by atoms with van der Waals surface area (Å²) in [6, 6.07) is 4.26. The van der Waals surface area contributed by atoms with E-state index in [-0.39, 0.29) is 30.7 Å². The van der Waals surface area contributed by atoms with Gasteiger partial charge in [0.1, 0.15) is 4.83 Å². The maximum absolute atomic E-state index is 12.4. The Labute approximate surface area is 146 Å². The first-order valence-electron chi connectivity index (χ1n) is 7.16. The smallest absolute Gasteiger partial charge is 0.253 e. The van der Waals surface area contributed by atoms with Crippen molar-refractivity contribution in [2.24, 2.45) is 5.92 Å². The van der Waals surface area contributed by atoms with E-state index in [4.69, 9.17) is 0 Å². The molecular formula is C15H19Cl2N3OS. The lowest BCUT2D eigenvalue weighted by Gasteiger charge is -2.44. The van der Waals surface area contributed by atoms with Gasteiger partial charge in [0.2, 0.25) is 0 Å². The lowest BCUT2D eigenvalue weighted by molar-refractivity contribution is 0.0620. The van der Waals surface area contributed by atoms with Crippen molar-refractivity contribution in [1.29, 1.82) is 0 Å². The van der Waals surface area contributed by atoms with Crippen molar-refractivity contribution in [2.45, 2.75) is 18.9 Å². The summed E-state index contributed by atoms with van der Waals surface area (Å²) in [6.45, 7) is 3.39. The number of rotatable bonds is 2. The third-order valence-electron chi connectivity index (χ3n) is 4.54. The van der Waals surface area contributed by atoms with Crippen LogP contribution in [0.5, 0.6) is 0 Å². The van der Waals surface area contributed by atoms with Crippen molar-refractivity contribution in [2.75, 3.05) is 19.6 Å². The number of fused-ring (bicyclic) bond motifs is 4. The Hall–Kier alpha value is -0.880. The fourth-order valence-corrected chi connectivity index (χ4v) is 4.08. The zero-order chi connectivity index (χ0) is 13.5. The van der Waals surface area contributed by atoms with Crippen molar-refractivity contribution >= 4 is 52.3 Å². The van der Waals surface area contributed by atoms with Crippen molar-refractivity contribution in [3.05, 3.63) is 29.3 Å². The predicted molar refractivity (Wildman–Crippen MR) is 94.5 cm³/mol. The number of carbonyl (C=O) groups excluding carboxylic acids is 1. The molecule has 22 heavy (non-hydrogen) atoms. The third-order valence-corrected chi connectivity index (χ3v) is 5.38. The minimum atomic E-state index is 0. The lowest BCUT2D eigenvalue weighted by Crippen LogP contribution is -2.57. The summed E-state index contributed by atoms with van der Waals surface area (Å²) in [5.74, 6) is 0.672. The zero-order valence-electron chi connectivity index (χ0n) is 12.0. The molecule has 3 saturated heterocycles. The molecular weight excluding hydrogens is 341 g/mol. The molecule has 1 N–H and O–H groups in total. The Balaban J connectivity index is 0.000000882. The van der Waals surface area contributed by atoms with Gasteiger partial charge >= 0.3 is 0 Å². The largest absolute Gasteiger partial charge is 0.348 e. The van der Waals surface area contributed by atoms with E-state index in [2.05, 4.69) is 15.2 Å². The number of thiophene rings is 1. The van der Waals surface area contributed by atoms with E-state index in [1.807, 2.05) is 17.5 Å². The number of carbonyl (C=O) groups is 1. The summed E-state index contributed by atoms with van der Waals surface area (Å²) in [6.07, 6.45) is 4.12. The quantitative estimate of drug-likeness (QED) is 0.896. The van der Waals surface area contributed by atoms with Crippen molar-refractivity contribution in [1.82, 2.24) is 15.2 Å². The van der Waals surface area contributed by atoms with E-state index in [1.165, 1.54) is 25.9 Å². The molecule has 2 aromatic rings. The van der Waals surface area contributed by atoms with Gasteiger partial charge in [-0.15, -0.1) is 36.2 Å². The van der Waals surface area contributed by atoms with Gasteiger partial charge in [0, 0.05) is 24.2 Å². The highest BCUT2D eigenvalue weighted by atomic mass is 35.5. The normalized spacial score (nSPS) is 26.1. The fourth-order valence-electron chi connectivity index (χ4n) is 3.36. The molecule has 0 radical (unpaired) electrons. The molecule has 5 heterocycles. The zero-order valence-corrected chi connectivity index (χ0v) is 14.5. The number of amides is 1. The summed E-state index contributed by atoms with van der Waals surface area (Å²) in [5.41, 5.74) is 0.673. The summed E-state index contributed by atoms with van der Waals surface area (Å²) < 4.78 is 0. The Morgan fingerprint density at radius 1 is 1.32 bits per heavy atom. The van der Waals surface area contributed by atoms with Gasteiger partial charge in [0.25, 0.3) is 5.91 Å². The van der Waals surface area contributed by atoms with Gasteiger partial charge in [0.05, 0.1) is 5.56 Å². The number of halogens is 2. The molecule has 1 amide bonds. The van der Waals surface area contributed by atoms with Gasteiger partial charge in [-0.05, 0) is 49.4 Å². The molecule has 4 nitrogen and oxygen atoms in total. The molecule has 0 saturated carbocycles. The summed E-state index contributed by atoms with van der Waals surface area (Å²) >= 11 is 1.60. The van der Waals surface area contributed by atoms with E-state index in [1.54, 1.807) is 17.5 Å². The average Bonchev–Trinajstić information content (AvgIpc) is 2.96. The summed E-state index contributed by atoms with van der Waals surface area (Å²) in [5, 5.41) is 6.27. The van der Waals surface area contributed by atoms with Crippen LogP contribution in [0.2, 0.25) is 0 Å². The van der Waals surface area contributed by atoms with Crippen molar-refractivity contribution in [3.63, 3.8) is 0 Å². The van der Waals surface area contributed by atoms with Gasteiger partial charge in [-0.1, -0.05) is 0 Å². The Bertz CT molecular complexity index is 655. The molecule has 120 valence electrons. The highest BCUT2D eigenvalue weighted by molar-refractivity contribution is 7.16. The Kier molecular flexibility index (Phi) is 5.66. The topological polar surface area (TPSA) is 45.2 Å². The van der Waals surface area contributed by atoms with Crippen molar-refractivity contribution < 1.29 is 4.79 Å². The molecule has 3 fully saturated rings. The van der Waals surface area contributed by atoms with Crippen LogP contribution in [0.4, 0.5) is 0 Å². The predicted octanol–water partition coefficient (Wildman–Crippen LogP) is 2.96. The standard InChI is InChI=1S/C15H17N3OS.2ClH/c19-14(12-7-11-3-6-20-15(11)16-8-12)17-13-9-18-4-1-10(13)2-5-18;;/h3,6-8,10,13H,1-2,4-5,9H2,(H,17,19);2*1H/t13-;;/m0../s1. The van der Waals surface area contributed by atoms with Crippen LogP contribution in [0.25, 0.3) is 10.2 Å². The maximum Gasteiger partial charge on any atom is 0.253 e. The first-order valence-corrected chi connectivity index (χ1v) is 8.04. The summed E-state index contributed by atoms with van der Waals surface area (Å²) in [7, 11) is 0. The van der Waals surface area contributed by atoms with Crippen LogP contribution in [-0.2, 0) is 0 Å². The van der Waals surface area contributed by atoms with Gasteiger partial charge in [-0.25, -0.2) is 4.98 Å². The maximum atomic E-state index is 12.4. The van der Waals surface area contributed by atoms with E-state index in [9.17, 15) is 4.79 Å². The second-order valence-corrected chi connectivity index (χ2v) is 6.65. The second kappa shape index (κ2) is 7.13. The highest BCUT2D eigenvalue weighted by Crippen LogP contribution is 2.27. The molecule has 3 aliphatic rings. The van der Waals surface area contributed by atoms with Gasteiger partial charge in [-0.3, -0.25) is 4.79 Å². The van der Waals surface area contributed by atoms with Crippen LogP contribution >= 0.6 is 36.2 Å². The number of hydrogen-bond acceptors (Lipinski definition) is 4. The molecule has 0 unspecified atom stereocenters. The minimum Gasteiger partial charge on any atom is -0.348 e. The molecule has 0 aliphatic carbocycles. The number of hydrogen-bond donors (Lipinski definition) is 1. The van der Waals surface area contributed by atoms with Crippen LogP contribution in [-0.4, -0.2) is 41.5 Å². The molecule has 0 aromatic carbocycles. The van der Waals surface area contributed by atoms with Crippen LogP contribution in [0, 0.1) is 5.92 Å². The second-order valence-electron chi connectivity index (χ2n) is 5.76. The Morgan fingerprint density at radius 3 is 2.77 bits per heavy atom. The van der Waals surface area contributed by atoms with Crippen LogP contribution < -0.4 is 5.32 Å². The summed E-state index contributed by atoms with van der Waals surface area (Å²) in [4.78, 5) is 20.2. The molecule has 2 bridgehead atoms. The highest BCUT2D eigenvalue weighted by Gasteiger charge is 2.34. The monoisotopic (exact) mass is 359 g/mol. The van der Waals surface area contributed by atoms with Gasteiger partial charge in [-0.2, -0.15) is 0 Å². The van der Waals surface area contributed by atoms with E-state index >= 15 is 0 Å². The molecule has 5 rings (SSSR count). The fraction of sp³-hybridized carbons (Fsp3) is 0.467. The van der Waals surface area contributed by atoms with Crippen LogP contribution in [0.3, 0.4) is 0 Å². The average molecular weight is 360 g/mol. The number of piperidine rings is 3. The molecule has 3 aliphatic heterocycles. The molecule has 7 heteroatoms. The first-order chi connectivity index (χ1) is 9.79. The molecule has 2 aromatic heterocycles. The number of nitrogens with zero attached hydrogens (tertiary/aromatic N) is 2. The van der Waals surface area contributed by atoms with Crippen molar-refractivity contribution in [3.8, 4) is 0 Å². The van der Waals surface area contributed by atoms with Gasteiger partial charge in [0.15, 0.2) is 0 Å². The van der Waals surface area contributed by atoms with Crippen LogP contribution in [0.15, 0.2) is 23.7 Å². The number of pyridine rings is 1. The molecule has 0 spiro atoms. The van der Waals surface area contributed by atoms with Gasteiger partial charge < -0.3 is 10.2 Å². The van der Waals surface area contributed by atoms with E-state index < -0.39 is 0 Å². The molecule has 1 atom stereocenters. The minimum absolute atomic E-state index is 0.